The number of aryl methyl sites for hydroxylation is 1. The Morgan fingerprint density at radius 2 is 1.96 bits per heavy atom. The maximum atomic E-state index is 12.8. The van der Waals surface area contributed by atoms with Crippen LogP contribution in [-0.2, 0) is 6.42 Å². The van der Waals surface area contributed by atoms with Gasteiger partial charge in [0, 0.05) is 18.2 Å². The molecule has 4 rings (SSSR count). The van der Waals surface area contributed by atoms with Crippen molar-refractivity contribution in [2.75, 3.05) is 7.05 Å². The second kappa shape index (κ2) is 5.96. The van der Waals surface area contributed by atoms with Crippen LogP contribution in [0.2, 0.25) is 0 Å². The summed E-state index contributed by atoms with van der Waals surface area (Å²) in [4.78, 5) is 18.6. The maximum absolute atomic E-state index is 12.8. The van der Waals surface area contributed by atoms with Gasteiger partial charge < -0.3 is 9.32 Å². The molecule has 1 atom stereocenters. The molecule has 3 aromatic rings. The van der Waals surface area contributed by atoms with Crippen LogP contribution < -0.4 is 0 Å². The van der Waals surface area contributed by atoms with Gasteiger partial charge in [-0.3, -0.25) is 4.79 Å². The zero-order chi connectivity index (χ0) is 16.5. The van der Waals surface area contributed by atoms with Crippen LogP contribution in [0, 0.1) is 0 Å². The normalized spacial score (nSPS) is 16.0. The molecule has 0 unspecified atom stereocenters. The van der Waals surface area contributed by atoms with Crippen LogP contribution >= 0.6 is 0 Å². The molecule has 1 aromatic heterocycles. The highest BCUT2D eigenvalue weighted by atomic mass is 16.3. The van der Waals surface area contributed by atoms with Crippen molar-refractivity contribution in [3.05, 3.63) is 77.8 Å². The minimum Gasteiger partial charge on any atom is -0.444 e. The van der Waals surface area contributed by atoms with Gasteiger partial charge in [-0.25, -0.2) is 4.98 Å². The average Bonchev–Trinajstić information content (AvgIpc) is 3.30. The lowest BCUT2D eigenvalue weighted by Crippen LogP contribution is -2.30. The fourth-order valence-electron chi connectivity index (χ4n) is 3.42. The third-order valence-electron chi connectivity index (χ3n) is 4.74. The lowest BCUT2D eigenvalue weighted by Gasteiger charge is -2.25. The van der Waals surface area contributed by atoms with Gasteiger partial charge in [0.15, 0.2) is 12.2 Å². The number of nitrogens with zero attached hydrogens (tertiary/aromatic N) is 2. The summed E-state index contributed by atoms with van der Waals surface area (Å²) < 4.78 is 5.28. The van der Waals surface area contributed by atoms with E-state index in [0.717, 1.165) is 18.4 Å². The molecule has 1 amide bonds. The Morgan fingerprint density at radius 1 is 1.17 bits per heavy atom. The molecule has 1 aliphatic rings. The Kier molecular flexibility index (Phi) is 3.65. The van der Waals surface area contributed by atoms with Gasteiger partial charge >= 0.3 is 0 Å². The highest BCUT2D eigenvalue weighted by molar-refractivity contribution is 5.94. The molecule has 0 saturated carbocycles. The number of rotatable bonds is 3. The summed E-state index contributed by atoms with van der Waals surface area (Å²) in [5.41, 5.74) is 4.22. The molecule has 4 nitrogen and oxygen atoms in total. The Hall–Kier alpha value is -2.88. The fourth-order valence-corrected chi connectivity index (χ4v) is 3.42. The van der Waals surface area contributed by atoms with E-state index in [1.54, 1.807) is 6.20 Å². The summed E-state index contributed by atoms with van der Waals surface area (Å²) in [6, 6.07) is 16.0. The predicted octanol–water partition coefficient (Wildman–Crippen LogP) is 4.10. The summed E-state index contributed by atoms with van der Waals surface area (Å²) in [6.45, 7) is 0. The van der Waals surface area contributed by atoms with Gasteiger partial charge in [0.2, 0.25) is 0 Å². The molecule has 0 radical (unpaired) electrons. The first-order valence-corrected chi connectivity index (χ1v) is 8.08. The SMILES string of the molecule is CN(C(=O)c1ccc(-c2cnco2)cc1)[C@@H]1CCc2ccccc21. The van der Waals surface area contributed by atoms with Crippen molar-refractivity contribution >= 4 is 5.91 Å². The molecule has 24 heavy (non-hydrogen) atoms. The largest absolute Gasteiger partial charge is 0.444 e. The number of oxazole rings is 1. The first-order valence-electron chi connectivity index (χ1n) is 8.08. The van der Waals surface area contributed by atoms with Crippen molar-refractivity contribution in [2.24, 2.45) is 0 Å². The number of carbonyl (C=O) groups is 1. The van der Waals surface area contributed by atoms with Gasteiger partial charge in [0.25, 0.3) is 5.91 Å². The van der Waals surface area contributed by atoms with E-state index in [9.17, 15) is 4.79 Å². The monoisotopic (exact) mass is 318 g/mol. The fraction of sp³-hybridized carbons (Fsp3) is 0.200. The molecule has 4 heteroatoms. The summed E-state index contributed by atoms with van der Waals surface area (Å²) in [7, 11) is 1.89. The van der Waals surface area contributed by atoms with Crippen molar-refractivity contribution < 1.29 is 9.21 Å². The minimum atomic E-state index is 0.0424. The summed E-state index contributed by atoms with van der Waals surface area (Å²) >= 11 is 0. The molecule has 0 fully saturated rings. The zero-order valence-corrected chi connectivity index (χ0v) is 13.5. The molecule has 1 heterocycles. The van der Waals surface area contributed by atoms with E-state index < -0.39 is 0 Å². The van der Waals surface area contributed by atoms with Crippen LogP contribution in [-0.4, -0.2) is 22.8 Å². The van der Waals surface area contributed by atoms with Crippen LogP contribution in [0.15, 0.2) is 65.5 Å². The van der Waals surface area contributed by atoms with E-state index in [1.165, 1.54) is 17.5 Å². The van der Waals surface area contributed by atoms with Crippen LogP contribution in [0.3, 0.4) is 0 Å². The first kappa shape index (κ1) is 14.7. The Balaban J connectivity index is 1.55. The van der Waals surface area contributed by atoms with Gasteiger partial charge in [0.05, 0.1) is 12.2 Å². The van der Waals surface area contributed by atoms with Crippen molar-refractivity contribution in [3.63, 3.8) is 0 Å². The van der Waals surface area contributed by atoms with Crippen LogP contribution in [0.1, 0.15) is 33.9 Å². The third kappa shape index (κ3) is 2.50. The number of benzene rings is 2. The molecular weight excluding hydrogens is 300 g/mol. The van der Waals surface area contributed by atoms with Crippen molar-refractivity contribution in [3.8, 4) is 11.3 Å². The number of hydrogen-bond donors (Lipinski definition) is 0. The lowest BCUT2D eigenvalue weighted by molar-refractivity contribution is 0.0730. The Bertz CT molecular complexity index is 854. The van der Waals surface area contributed by atoms with Crippen LogP contribution in [0.25, 0.3) is 11.3 Å². The molecule has 0 saturated heterocycles. The van der Waals surface area contributed by atoms with E-state index in [4.69, 9.17) is 4.42 Å². The average molecular weight is 318 g/mol. The number of hydrogen-bond acceptors (Lipinski definition) is 3. The van der Waals surface area contributed by atoms with Crippen molar-refractivity contribution in [1.29, 1.82) is 0 Å². The number of aromatic nitrogens is 1. The number of carbonyl (C=O) groups excluding carboxylic acids is 1. The topological polar surface area (TPSA) is 46.3 Å². The van der Waals surface area contributed by atoms with E-state index >= 15 is 0 Å². The second-order valence-electron chi connectivity index (χ2n) is 6.11. The van der Waals surface area contributed by atoms with Crippen LogP contribution in [0.5, 0.6) is 0 Å². The first-order chi connectivity index (χ1) is 11.7. The maximum Gasteiger partial charge on any atom is 0.254 e. The number of amides is 1. The standard InChI is InChI=1S/C20H18N2O2/c1-22(18-11-10-14-4-2-3-5-17(14)18)20(23)16-8-6-15(7-9-16)19-12-21-13-24-19/h2-9,12-13,18H,10-11H2,1H3/t18-/m1/s1. The third-order valence-corrected chi connectivity index (χ3v) is 4.74. The van der Waals surface area contributed by atoms with Crippen molar-refractivity contribution in [2.45, 2.75) is 18.9 Å². The highest BCUT2D eigenvalue weighted by Crippen LogP contribution is 2.35. The van der Waals surface area contributed by atoms with Gasteiger partial charge in [-0.2, -0.15) is 0 Å². The number of fused-ring (bicyclic) bond motifs is 1. The molecular formula is C20H18N2O2. The smallest absolute Gasteiger partial charge is 0.254 e. The molecule has 0 aliphatic heterocycles. The summed E-state index contributed by atoms with van der Waals surface area (Å²) in [6.07, 6.45) is 5.08. The van der Waals surface area contributed by atoms with E-state index in [0.29, 0.717) is 11.3 Å². The molecule has 1 aliphatic carbocycles. The zero-order valence-electron chi connectivity index (χ0n) is 13.5. The molecule has 0 N–H and O–H groups in total. The Morgan fingerprint density at radius 3 is 2.71 bits per heavy atom. The summed E-state index contributed by atoms with van der Waals surface area (Å²) in [5.74, 6) is 0.743. The highest BCUT2D eigenvalue weighted by Gasteiger charge is 2.28. The minimum absolute atomic E-state index is 0.0424. The molecule has 2 aromatic carbocycles. The van der Waals surface area contributed by atoms with Gasteiger partial charge in [-0.05, 0) is 36.1 Å². The quantitative estimate of drug-likeness (QED) is 0.730. The predicted molar refractivity (Wildman–Crippen MR) is 91.5 cm³/mol. The molecule has 0 spiro atoms. The second-order valence-corrected chi connectivity index (χ2v) is 6.11. The van der Waals surface area contributed by atoms with Crippen molar-refractivity contribution in [1.82, 2.24) is 9.88 Å². The Labute approximate surface area is 140 Å². The molecule has 0 bridgehead atoms. The van der Waals surface area contributed by atoms with E-state index in [1.807, 2.05) is 42.3 Å². The summed E-state index contributed by atoms with van der Waals surface area (Å²) in [5, 5.41) is 0. The van der Waals surface area contributed by atoms with Gasteiger partial charge in [-0.1, -0.05) is 36.4 Å². The van der Waals surface area contributed by atoms with Crippen LogP contribution in [0.4, 0.5) is 0 Å². The molecule has 120 valence electrons. The van der Waals surface area contributed by atoms with Gasteiger partial charge in [-0.15, -0.1) is 0 Å². The lowest BCUT2D eigenvalue weighted by atomic mass is 10.1. The van der Waals surface area contributed by atoms with E-state index in [-0.39, 0.29) is 11.9 Å². The van der Waals surface area contributed by atoms with Gasteiger partial charge in [0.1, 0.15) is 0 Å². The van der Waals surface area contributed by atoms with E-state index in [2.05, 4.69) is 23.2 Å².